The van der Waals surface area contributed by atoms with E-state index in [1.54, 1.807) is 57.4 Å². The summed E-state index contributed by atoms with van der Waals surface area (Å²) in [7, 11) is -2.36. The number of methoxy groups -OCH3 is 1. The topological polar surface area (TPSA) is 140 Å². The number of hydrogen-bond donors (Lipinski definition) is 2. The highest BCUT2D eigenvalue weighted by molar-refractivity contribution is 7.89. The number of esters is 1. The number of carbonyl (C=O) groups excluding carboxylic acids is 2. The van der Waals surface area contributed by atoms with Crippen molar-refractivity contribution in [3.05, 3.63) is 101 Å². The summed E-state index contributed by atoms with van der Waals surface area (Å²) >= 11 is 6.62. The number of halogens is 1. The Kier molecular flexibility index (Phi) is 11.6. The number of sulfonamides is 1. The first-order valence-electron chi connectivity index (χ1n) is 16.1. The first kappa shape index (κ1) is 36.5. The lowest BCUT2D eigenvalue weighted by atomic mass is 10.0. The fraction of sp³-hybridized carbons (Fsp3) is 0.297. The van der Waals surface area contributed by atoms with Gasteiger partial charge in [-0.05, 0) is 62.6 Å². The number of rotatable bonds is 13. The second-order valence-electron chi connectivity index (χ2n) is 12.7. The van der Waals surface area contributed by atoms with Gasteiger partial charge in [-0.2, -0.15) is 0 Å². The van der Waals surface area contributed by atoms with Gasteiger partial charge in [0.2, 0.25) is 10.0 Å². The zero-order valence-corrected chi connectivity index (χ0v) is 30.0. The lowest BCUT2D eigenvalue weighted by Gasteiger charge is -2.27. The molecule has 0 saturated carbocycles. The van der Waals surface area contributed by atoms with Crippen molar-refractivity contribution in [1.82, 2.24) is 19.6 Å². The summed E-state index contributed by atoms with van der Waals surface area (Å²) in [6.45, 7) is 5.90. The number of aromatic nitrogens is 2. The van der Waals surface area contributed by atoms with Crippen molar-refractivity contribution >= 4 is 61.2 Å². The Morgan fingerprint density at radius 1 is 0.940 bits per heavy atom. The molecule has 0 aliphatic carbocycles. The van der Waals surface area contributed by atoms with E-state index >= 15 is 0 Å². The largest absolute Gasteiger partial charge is 0.465 e. The Labute approximate surface area is 297 Å². The molecule has 11 nitrogen and oxygen atoms in total. The molecule has 0 bridgehead atoms. The minimum absolute atomic E-state index is 0.00275. The van der Waals surface area contributed by atoms with Crippen molar-refractivity contribution in [3.8, 4) is 11.1 Å². The van der Waals surface area contributed by atoms with Gasteiger partial charge in [0.1, 0.15) is 11.4 Å². The number of hydrogen-bond acceptors (Lipinski definition) is 9. The van der Waals surface area contributed by atoms with Crippen LogP contribution in [0.25, 0.3) is 32.8 Å². The Morgan fingerprint density at radius 2 is 1.72 bits per heavy atom. The molecule has 0 radical (unpaired) electrons. The smallest absolute Gasteiger partial charge is 0.410 e. The lowest BCUT2D eigenvalue weighted by molar-refractivity contribution is 0.0237. The van der Waals surface area contributed by atoms with Crippen LogP contribution in [-0.4, -0.2) is 73.4 Å². The number of benzene rings is 3. The van der Waals surface area contributed by atoms with Crippen molar-refractivity contribution in [2.75, 3.05) is 37.8 Å². The third-order valence-electron chi connectivity index (χ3n) is 7.75. The van der Waals surface area contributed by atoms with Gasteiger partial charge in [-0.1, -0.05) is 60.1 Å². The monoisotopic (exact) mass is 717 g/mol. The first-order chi connectivity index (χ1) is 23.8. The molecule has 0 aliphatic heterocycles. The normalized spacial score (nSPS) is 11.8. The number of ether oxygens (including phenoxy) is 2. The summed E-state index contributed by atoms with van der Waals surface area (Å²) in [5.74, 6) is -0.0711. The quantitative estimate of drug-likeness (QED) is 0.0745. The Bertz CT molecular complexity index is 2110. The number of anilines is 1. The molecule has 2 N–H and O–H groups in total. The molecule has 0 unspecified atom stereocenters. The average Bonchev–Trinajstić information content (AvgIpc) is 3.08. The predicted octanol–water partition coefficient (Wildman–Crippen LogP) is 7.05. The zero-order valence-electron chi connectivity index (χ0n) is 28.4. The van der Waals surface area contributed by atoms with Crippen LogP contribution < -0.4 is 10.0 Å². The maximum Gasteiger partial charge on any atom is 0.410 e. The van der Waals surface area contributed by atoms with Crippen molar-refractivity contribution in [2.45, 2.75) is 39.3 Å². The van der Waals surface area contributed by atoms with E-state index in [-0.39, 0.29) is 31.8 Å². The molecule has 13 heteroatoms. The fourth-order valence-electron chi connectivity index (χ4n) is 5.40. The molecule has 50 heavy (non-hydrogen) atoms. The van der Waals surface area contributed by atoms with Crippen LogP contribution in [0.2, 0.25) is 5.02 Å². The van der Waals surface area contributed by atoms with Gasteiger partial charge in [0.25, 0.3) is 0 Å². The number of nitrogens with zero attached hydrogens (tertiary/aromatic N) is 3. The lowest BCUT2D eigenvalue weighted by Crippen LogP contribution is -2.41. The molecular weight excluding hydrogens is 678 g/mol. The van der Waals surface area contributed by atoms with Gasteiger partial charge in [-0.25, -0.2) is 27.7 Å². The SMILES string of the molecule is COC(=O)c1ccc2c(c1)nc(NCCCS(=O)(=O)NCCN(Cc1ccc(-c3ccccc3)c(Cl)c1)C(=O)OC(C)(C)C)c1ccncc12. The summed E-state index contributed by atoms with van der Waals surface area (Å²) in [6, 6.07) is 22.3. The van der Waals surface area contributed by atoms with Crippen molar-refractivity contribution in [1.29, 1.82) is 0 Å². The Morgan fingerprint density at radius 3 is 2.44 bits per heavy atom. The molecule has 0 fully saturated rings. The van der Waals surface area contributed by atoms with E-state index in [2.05, 4.69) is 15.0 Å². The zero-order chi connectivity index (χ0) is 35.9. The molecule has 5 rings (SSSR count). The molecular formula is C37H40ClN5O6S. The van der Waals surface area contributed by atoms with Crippen LogP contribution in [0.15, 0.2) is 85.2 Å². The molecule has 1 amide bonds. The van der Waals surface area contributed by atoms with Crippen molar-refractivity contribution in [3.63, 3.8) is 0 Å². The number of carbonyl (C=O) groups is 2. The van der Waals surface area contributed by atoms with Gasteiger partial charge >= 0.3 is 12.1 Å². The maximum atomic E-state index is 13.1. The minimum Gasteiger partial charge on any atom is -0.465 e. The number of nitrogens with one attached hydrogen (secondary N) is 2. The summed E-state index contributed by atoms with van der Waals surface area (Å²) in [4.78, 5) is 35.6. The molecule has 0 aliphatic rings. The van der Waals surface area contributed by atoms with E-state index in [9.17, 15) is 18.0 Å². The first-order valence-corrected chi connectivity index (χ1v) is 18.2. The summed E-state index contributed by atoms with van der Waals surface area (Å²) in [6.07, 6.45) is 3.11. The summed E-state index contributed by atoms with van der Waals surface area (Å²) in [5.41, 5.74) is 2.84. The van der Waals surface area contributed by atoms with Gasteiger partial charge in [0.15, 0.2) is 0 Å². The predicted molar refractivity (Wildman–Crippen MR) is 197 cm³/mol. The summed E-state index contributed by atoms with van der Waals surface area (Å²) < 4.78 is 39.0. The molecule has 0 saturated heterocycles. The molecule has 262 valence electrons. The van der Waals surface area contributed by atoms with Gasteiger partial charge < -0.3 is 19.7 Å². The fourth-order valence-corrected chi connectivity index (χ4v) is 6.78. The molecule has 3 aromatic carbocycles. The van der Waals surface area contributed by atoms with E-state index in [4.69, 9.17) is 26.1 Å². The van der Waals surface area contributed by atoms with E-state index in [0.717, 1.165) is 32.8 Å². The standard InChI is InChI=1S/C37H40ClN5O6S/c1-37(2,3)49-36(45)43(24-25-11-13-28(32(38)21-25)26-9-6-5-7-10-26)19-18-41-50(46,47)20-8-16-40-34-30-15-17-39-23-31(30)29-14-12-27(35(44)48-4)22-33(29)42-34/h5-7,9-15,17,21-23,41H,8,16,18-20,24H2,1-4H3,(H,40,42). The van der Waals surface area contributed by atoms with Crippen LogP contribution in [0, 0.1) is 0 Å². The third-order valence-corrected chi connectivity index (χ3v) is 9.53. The highest BCUT2D eigenvalue weighted by atomic mass is 35.5. The van der Waals surface area contributed by atoms with Crippen LogP contribution in [0.4, 0.5) is 10.6 Å². The van der Waals surface area contributed by atoms with Gasteiger partial charge in [0, 0.05) is 65.3 Å². The van der Waals surface area contributed by atoms with Crippen molar-refractivity contribution in [2.24, 2.45) is 0 Å². The maximum absolute atomic E-state index is 13.1. The second kappa shape index (κ2) is 15.8. The molecule has 2 heterocycles. The highest BCUT2D eigenvalue weighted by Gasteiger charge is 2.23. The molecule has 0 spiro atoms. The van der Waals surface area contributed by atoms with E-state index in [0.29, 0.717) is 28.5 Å². The Hall–Kier alpha value is -4.78. The number of fused-ring (bicyclic) bond motifs is 3. The van der Waals surface area contributed by atoms with Crippen LogP contribution in [0.5, 0.6) is 0 Å². The van der Waals surface area contributed by atoms with Crippen LogP contribution in [0.1, 0.15) is 43.1 Å². The number of pyridine rings is 2. The van der Waals surface area contributed by atoms with Gasteiger partial charge in [-0.3, -0.25) is 4.98 Å². The van der Waals surface area contributed by atoms with Gasteiger partial charge in [-0.15, -0.1) is 0 Å². The highest BCUT2D eigenvalue weighted by Crippen LogP contribution is 2.30. The minimum atomic E-state index is -3.68. The number of amides is 1. The average molecular weight is 718 g/mol. The molecule has 5 aromatic rings. The molecule has 2 aromatic heterocycles. The summed E-state index contributed by atoms with van der Waals surface area (Å²) in [5, 5.41) is 6.27. The Balaban J connectivity index is 1.20. The van der Waals surface area contributed by atoms with Crippen LogP contribution in [0.3, 0.4) is 0 Å². The van der Waals surface area contributed by atoms with E-state index in [1.165, 1.54) is 12.0 Å². The third kappa shape index (κ3) is 9.46. The van der Waals surface area contributed by atoms with Crippen LogP contribution >= 0.6 is 11.6 Å². The van der Waals surface area contributed by atoms with E-state index in [1.807, 2.05) is 48.5 Å². The van der Waals surface area contributed by atoms with Gasteiger partial charge in [0.05, 0.1) is 23.9 Å². The molecule has 0 atom stereocenters. The van der Waals surface area contributed by atoms with Crippen LogP contribution in [-0.2, 0) is 26.0 Å². The van der Waals surface area contributed by atoms with E-state index < -0.39 is 27.7 Å². The second-order valence-corrected chi connectivity index (χ2v) is 15.0. The van der Waals surface area contributed by atoms with Crippen molar-refractivity contribution < 1.29 is 27.5 Å².